The highest BCUT2D eigenvalue weighted by Crippen LogP contribution is 2.44. The summed E-state index contributed by atoms with van der Waals surface area (Å²) in [6.45, 7) is 3.99. The maximum Gasteiger partial charge on any atom is 0.275 e. The molecule has 0 aliphatic carbocycles. The molecule has 0 fully saturated rings. The van der Waals surface area contributed by atoms with Crippen LogP contribution in [0.4, 0.5) is 0 Å². The molecule has 2 aromatic carbocycles. The lowest BCUT2D eigenvalue weighted by molar-refractivity contribution is -0.0680. The van der Waals surface area contributed by atoms with Crippen LogP contribution in [0.2, 0.25) is 0 Å². The molecule has 86 valence electrons. The van der Waals surface area contributed by atoms with Gasteiger partial charge in [-0.25, -0.2) is 0 Å². The maximum atomic E-state index is 5.94. The van der Waals surface area contributed by atoms with Crippen molar-refractivity contribution in [2.45, 2.75) is 19.6 Å². The molecule has 0 bridgehead atoms. The predicted molar refractivity (Wildman–Crippen MR) is 66.2 cm³/mol. The van der Waals surface area contributed by atoms with Gasteiger partial charge in [-0.3, -0.25) is 0 Å². The van der Waals surface area contributed by atoms with Crippen LogP contribution in [0, 0.1) is 6.92 Å². The van der Waals surface area contributed by atoms with Crippen LogP contribution in [0.15, 0.2) is 48.5 Å². The molecule has 0 saturated carbocycles. The summed E-state index contributed by atoms with van der Waals surface area (Å²) in [6, 6.07) is 16.0. The van der Waals surface area contributed by atoms with Gasteiger partial charge in [0.1, 0.15) is 0 Å². The van der Waals surface area contributed by atoms with Gasteiger partial charge in [-0.1, -0.05) is 36.4 Å². The summed E-state index contributed by atoms with van der Waals surface area (Å²) in [6.07, 6.45) is 0. The van der Waals surface area contributed by atoms with E-state index >= 15 is 0 Å². The van der Waals surface area contributed by atoms with E-state index in [4.69, 9.17) is 9.47 Å². The van der Waals surface area contributed by atoms with Crippen molar-refractivity contribution in [1.82, 2.24) is 0 Å². The Morgan fingerprint density at radius 1 is 0.882 bits per heavy atom. The average Bonchev–Trinajstić information content (AvgIpc) is 2.67. The fraction of sp³-hybridized carbons (Fsp3) is 0.200. The first-order chi connectivity index (χ1) is 8.17. The van der Waals surface area contributed by atoms with Crippen LogP contribution in [0.3, 0.4) is 0 Å². The lowest BCUT2D eigenvalue weighted by Crippen LogP contribution is -2.31. The lowest BCUT2D eigenvalue weighted by Gasteiger charge is -2.23. The van der Waals surface area contributed by atoms with Crippen LogP contribution in [-0.4, -0.2) is 0 Å². The van der Waals surface area contributed by atoms with Gasteiger partial charge in [0.25, 0.3) is 5.79 Å². The second kappa shape index (κ2) is 3.52. The van der Waals surface area contributed by atoms with E-state index in [1.165, 1.54) is 5.56 Å². The number of benzene rings is 2. The SMILES string of the molecule is Cc1ccc2c(c1)OC(C)(c1ccccc1)O2. The molecule has 0 N–H and O–H groups in total. The van der Waals surface area contributed by atoms with Crippen molar-refractivity contribution < 1.29 is 9.47 Å². The maximum absolute atomic E-state index is 5.94. The zero-order valence-corrected chi connectivity index (χ0v) is 9.94. The first kappa shape index (κ1) is 10.2. The molecule has 0 radical (unpaired) electrons. The van der Waals surface area contributed by atoms with Crippen LogP contribution in [0.5, 0.6) is 11.5 Å². The molecule has 3 rings (SSSR count). The topological polar surface area (TPSA) is 18.5 Å². The number of hydrogen-bond donors (Lipinski definition) is 0. The third-order valence-corrected chi connectivity index (χ3v) is 3.01. The third kappa shape index (κ3) is 1.66. The van der Waals surface area contributed by atoms with Gasteiger partial charge in [0.05, 0.1) is 0 Å². The molecule has 0 aromatic heterocycles. The van der Waals surface area contributed by atoms with Crippen molar-refractivity contribution in [2.24, 2.45) is 0 Å². The minimum Gasteiger partial charge on any atom is -0.445 e. The standard InChI is InChI=1S/C15H14O2/c1-11-8-9-13-14(10-11)17-15(2,16-13)12-6-4-3-5-7-12/h3-10H,1-2H3. The van der Waals surface area contributed by atoms with Crippen molar-refractivity contribution in [2.75, 3.05) is 0 Å². The van der Waals surface area contributed by atoms with E-state index in [0.29, 0.717) is 0 Å². The minimum atomic E-state index is -0.711. The Bertz CT molecular complexity index is 548. The van der Waals surface area contributed by atoms with Crippen LogP contribution in [-0.2, 0) is 5.79 Å². The van der Waals surface area contributed by atoms with Crippen molar-refractivity contribution in [1.29, 1.82) is 0 Å². The molecule has 0 amide bonds. The molecule has 2 heteroatoms. The Kier molecular flexibility index (Phi) is 2.11. The number of rotatable bonds is 1. The Labute approximate surface area is 101 Å². The molecular weight excluding hydrogens is 212 g/mol. The molecule has 2 aromatic rings. The Balaban J connectivity index is 2.00. The highest BCUT2D eigenvalue weighted by Gasteiger charge is 2.38. The summed E-state index contributed by atoms with van der Waals surface area (Å²) in [4.78, 5) is 0. The number of aryl methyl sites for hydroxylation is 1. The normalized spacial score (nSPS) is 21.5. The molecule has 17 heavy (non-hydrogen) atoms. The zero-order valence-electron chi connectivity index (χ0n) is 9.94. The monoisotopic (exact) mass is 226 g/mol. The first-order valence-electron chi connectivity index (χ1n) is 5.72. The largest absolute Gasteiger partial charge is 0.445 e. The summed E-state index contributed by atoms with van der Waals surface area (Å²) >= 11 is 0. The number of ether oxygens (including phenoxy) is 2. The molecule has 1 aliphatic rings. The van der Waals surface area contributed by atoms with E-state index in [0.717, 1.165) is 17.1 Å². The van der Waals surface area contributed by atoms with Gasteiger partial charge < -0.3 is 9.47 Å². The van der Waals surface area contributed by atoms with Crippen LogP contribution >= 0.6 is 0 Å². The average molecular weight is 226 g/mol. The van der Waals surface area contributed by atoms with E-state index in [9.17, 15) is 0 Å². The van der Waals surface area contributed by atoms with Crippen molar-refractivity contribution in [3.8, 4) is 11.5 Å². The van der Waals surface area contributed by atoms with Gasteiger partial charge in [-0.05, 0) is 24.6 Å². The van der Waals surface area contributed by atoms with E-state index in [1.54, 1.807) is 0 Å². The van der Waals surface area contributed by atoms with Gasteiger partial charge in [0, 0.05) is 12.5 Å². The second-order valence-electron chi connectivity index (χ2n) is 4.47. The molecule has 1 atom stereocenters. The molecule has 1 heterocycles. The van der Waals surface area contributed by atoms with Gasteiger partial charge in [0.2, 0.25) is 0 Å². The van der Waals surface area contributed by atoms with E-state index in [1.807, 2.05) is 62.4 Å². The van der Waals surface area contributed by atoms with Gasteiger partial charge in [-0.2, -0.15) is 0 Å². The minimum absolute atomic E-state index is 0.711. The third-order valence-electron chi connectivity index (χ3n) is 3.01. The Morgan fingerprint density at radius 3 is 2.35 bits per heavy atom. The molecule has 2 nitrogen and oxygen atoms in total. The molecule has 0 spiro atoms. The molecule has 0 saturated heterocycles. The quantitative estimate of drug-likeness (QED) is 0.739. The molecular formula is C15H14O2. The van der Waals surface area contributed by atoms with Crippen LogP contribution in [0.25, 0.3) is 0 Å². The summed E-state index contributed by atoms with van der Waals surface area (Å²) in [5.74, 6) is 0.913. The van der Waals surface area contributed by atoms with E-state index in [-0.39, 0.29) is 0 Å². The predicted octanol–water partition coefficient (Wildman–Crippen LogP) is 3.64. The highest BCUT2D eigenvalue weighted by atomic mass is 16.7. The van der Waals surface area contributed by atoms with E-state index < -0.39 is 5.79 Å². The smallest absolute Gasteiger partial charge is 0.275 e. The summed E-state index contributed by atoms with van der Waals surface area (Å²) in [5, 5.41) is 0. The van der Waals surface area contributed by atoms with Crippen LogP contribution in [0.1, 0.15) is 18.1 Å². The first-order valence-corrected chi connectivity index (χ1v) is 5.72. The van der Waals surface area contributed by atoms with Crippen LogP contribution < -0.4 is 9.47 Å². The second-order valence-corrected chi connectivity index (χ2v) is 4.47. The lowest BCUT2D eigenvalue weighted by atomic mass is 10.1. The van der Waals surface area contributed by atoms with E-state index in [2.05, 4.69) is 0 Å². The Morgan fingerprint density at radius 2 is 1.59 bits per heavy atom. The molecule has 1 unspecified atom stereocenters. The van der Waals surface area contributed by atoms with Gasteiger partial charge >= 0.3 is 0 Å². The summed E-state index contributed by atoms with van der Waals surface area (Å²) in [5.41, 5.74) is 2.19. The van der Waals surface area contributed by atoms with Crippen molar-refractivity contribution >= 4 is 0 Å². The highest BCUT2D eigenvalue weighted by molar-refractivity contribution is 5.46. The van der Waals surface area contributed by atoms with Gasteiger partial charge in [-0.15, -0.1) is 0 Å². The fourth-order valence-electron chi connectivity index (χ4n) is 2.08. The van der Waals surface area contributed by atoms with Gasteiger partial charge in [0.15, 0.2) is 11.5 Å². The fourth-order valence-corrected chi connectivity index (χ4v) is 2.08. The number of fused-ring (bicyclic) bond motifs is 1. The van der Waals surface area contributed by atoms with Crippen molar-refractivity contribution in [3.63, 3.8) is 0 Å². The van der Waals surface area contributed by atoms with Crippen molar-refractivity contribution in [3.05, 3.63) is 59.7 Å². The summed E-state index contributed by atoms with van der Waals surface area (Å²) in [7, 11) is 0. The number of hydrogen-bond acceptors (Lipinski definition) is 2. The molecule has 1 aliphatic heterocycles. The summed E-state index contributed by atoms with van der Waals surface area (Å²) < 4.78 is 11.9. The Hall–Kier alpha value is -1.96. The zero-order chi connectivity index (χ0) is 11.9.